The Bertz CT molecular complexity index is 1020. The van der Waals surface area contributed by atoms with Gasteiger partial charge in [-0.2, -0.15) is 0 Å². The number of benzene rings is 2. The SMILES string of the molecule is COC(=O)C1O[C@@H](OC(=N)C(Cl)(Cl)Cl)C(OC(=O)c2ccccc2)[C@@H](OCc2ccccc2)[C@H]1C. The fraction of sp³-hybridized carbons (Fsp3) is 0.375. The van der Waals surface area contributed by atoms with Gasteiger partial charge in [-0.15, -0.1) is 0 Å². The minimum absolute atomic E-state index is 0.137. The highest BCUT2D eigenvalue weighted by Crippen LogP contribution is 2.35. The number of nitrogens with one attached hydrogen (secondary N) is 1. The molecule has 0 spiro atoms. The number of hydrogen-bond acceptors (Lipinski definition) is 8. The maximum atomic E-state index is 12.9. The van der Waals surface area contributed by atoms with E-state index >= 15 is 0 Å². The van der Waals surface area contributed by atoms with Gasteiger partial charge in [0, 0.05) is 5.92 Å². The van der Waals surface area contributed by atoms with Crippen molar-refractivity contribution < 1.29 is 33.3 Å². The minimum atomic E-state index is -2.22. The Morgan fingerprint density at radius 2 is 1.57 bits per heavy atom. The number of rotatable bonds is 7. The maximum Gasteiger partial charge on any atom is 0.338 e. The molecule has 1 fully saturated rings. The van der Waals surface area contributed by atoms with E-state index in [9.17, 15) is 9.59 Å². The van der Waals surface area contributed by atoms with Gasteiger partial charge in [-0.3, -0.25) is 5.41 Å². The van der Waals surface area contributed by atoms with Crippen molar-refractivity contribution in [1.29, 1.82) is 5.41 Å². The first-order chi connectivity index (χ1) is 16.6. The predicted molar refractivity (Wildman–Crippen MR) is 130 cm³/mol. The first-order valence-corrected chi connectivity index (χ1v) is 11.7. The number of carbonyl (C=O) groups is 2. The van der Waals surface area contributed by atoms with E-state index in [-0.39, 0.29) is 12.2 Å². The molecule has 1 aliphatic rings. The molecule has 8 nitrogen and oxygen atoms in total. The van der Waals surface area contributed by atoms with Crippen molar-refractivity contribution in [3.05, 3.63) is 71.8 Å². The number of carbonyl (C=O) groups excluding carboxylic acids is 2. The summed E-state index contributed by atoms with van der Waals surface area (Å²) < 4.78 is 25.8. The summed E-state index contributed by atoms with van der Waals surface area (Å²) in [6.07, 6.45) is -4.81. The molecule has 2 unspecified atom stereocenters. The Morgan fingerprint density at radius 3 is 2.14 bits per heavy atom. The quantitative estimate of drug-likeness (QED) is 0.233. The van der Waals surface area contributed by atoms with E-state index in [0.717, 1.165) is 5.56 Å². The van der Waals surface area contributed by atoms with E-state index in [1.165, 1.54) is 7.11 Å². The van der Waals surface area contributed by atoms with Crippen molar-refractivity contribution in [1.82, 2.24) is 0 Å². The smallest absolute Gasteiger partial charge is 0.338 e. The van der Waals surface area contributed by atoms with E-state index in [1.54, 1.807) is 37.3 Å². The van der Waals surface area contributed by atoms with Gasteiger partial charge in [0.25, 0.3) is 3.79 Å². The number of esters is 2. The lowest BCUT2D eigenvalue weighted by atomic mass is 9.90. The number of ether oxygens (including phenoxy) is 5. The molecule has 1 N–H and O–H groups in total. The van der Waals surface area contributed by atoms with Gasteiger partial charge in [0.15, 0.2) is 12.2 Å². The van der Waals surface area contributed by atoms with Crippen molar-refractivity contribution >= 4 is 52.6 Å². The summed E-state index contributed by atoms with van der Waals surface area (Å²) in [6.45, 7) is 1.83. The van der Waals surface area contributed by atoms with Gasteiger partial charge in [-0.05, 0) is 17.7 Å². The Labute approximate surface area is 217 Å². The van der Waals surface area contributed by atoms with Crippen LogP contribution in [-0.4, -0.2) is 53.3 Å². The van der Waals surface area contributed by atoms with Crippen molar-refractivity contribution in [3.63, 3.8) is 0 Å². The van der Waals surface area contributed by atoms with Gasteiger partial charge in [0.2, 0.25) is 12.2 Å². The third-order valence-electron chi connectivity index (χ3n) is 5.33. The summed E-state index contributed by atoms with van der Waals surface area (Å²) >= 11 is 17.3. The van der Waals surface area contributed by atoms with E-state index in [4.69, 9.17) is 63.9 Å². The molecule has 0 aromatic heterocycles. The molecule has 188 valence electrons. The molecule has 2 aromatic rings. The summed E-state index contributed by atoms with van der Waals surface area (Å²) in [5.74, 6) is -2.81. The molecule has 2 aromatic carbocycles. The zero-order valence-corrected chi connectivity index (χ0v) is 21.1. The van der Waals surface area contributed by atoms with Gasteiger partial charge >= 0.3 is 11.9 Å². The standard InChI is InChI=1S/C24H24Cl3NO7/c1-14-17(32-13-15-9-5-3-6-10-15)19(33-20(29)16-11-7-4-8-12-16)22(34-18(14)21(30)31-2)35-23(28)24(25,26)27/h3-12,14,17-19,22,28H,13H2,1-2H3/t14-,17+,18?,19?,22+/m1/s1. The Morgan fingerprint density at radius 1 is 0.971 bits per heavy atom. The third-order valence-corrected chi connectivity index (χ3v) is 5.85. The molecule has 0 radical (unpaired) electrons. The first kappa shape index (κ1) is 27.2. The van der Waals surface area contributed by atoms with Crippen LogP contribution >= 0.6 is 34.8 Å². The highest BCUT2D eigenvalue weighted by atomic mass is 35.6. The average molecular weight is 545 g/mol. The van der Waals surface area contributed by atoms with Crippen LogP contribution < -0.4 is 0 Å². The van der Waals surface area contributed by atoms with Crippen LogP contribution in [0.5, 0.6) is 0 Å². The molecule has 1 aliphatic heterocycles. The highest BCUT2D eigenvalue weighted by Gasteiger charge is 2.52. The fourth-order valence-corrected chi connectivity index (χ4v) is 3.67. The number of methoxy groups -OCH3 is 1. The molecule has 1 saturated heterocycles. The maximum absolute atomic E-state index is 12.9. The van der Waals surface area contributed by atoms with E-state index in [0.29, 0.717) is 0 Å². The molecule has 35 heavy (non-hydrogen) atoms. The van der Waals surface area contributed by atoms with Crippen LogP contribution in [0, 0.1) is 11.3 Å². The van der Waals surface area contributed by atoms with Crippen molar-refractivity contribution in [2.75, 3.05) is 7.11 Å². The molecule has 3 rings (SSSR count). The molecular formula is C24H24Cl3NO7. The lowest BCUT2D eigenvalue weighted by molar-refractivity contribution is -0.270. The van der Waals surface area contributed by atoms with Crippen LogP contribution in [0.1, 0.15) is 22.8 Å². The number of halogens is 3. The van der Waals surface area contributed by atoms with E-state index < -0.39 is 52.1 Å². The van der Waals surface area contributed by atoms with E-state index in [1.807, 2.05) is 30.3 Å². The topological polar surface area (TPSA) is 104 Å². The second-order valence-electron chi connectivity index (χ2n) is 7.75. The van der Waals surface area contributed by atoms with Crippen LogP contribution in [-0.2, 0) is 35.1 Å². The first-order valence-electron chi connectivity index (χ1n) is 10.6. The van der Waals surface area contributed by atoms with Gasteiger partial charge in [-0.25, -0.2) is 9.59 Å². The summed E-state index contributed by atoms with van der Waals surface area (Å²) in [4.78, 5) is 25.4. The third kappa shape index (κ3) is 7.08. The summed E-state index contributed by atoms with van der Waals surface area (Å²) in [7, 11) is 1.21. The summed E-state index contributed by atoms with van der Waals surface area (Å²) in [5.41, 5.74) is 1.12. The Hall–Kier alpha value is -2.36. The second-order valence-corrected chi connectivity index (χ2v) is 10.0. The van der Waals surface area contributed by atoms with Crippen molar-refractivity contribution in [2.45, 2.75) is 41.9 Å². The van der Waals surface area contributed by atoms with Gasteiger partial charge in [0.1, 0.15) is 6.10 Å². The van der Waals surface area contributed by atoms with Crippen LogP contribution in [0.4, 0.5) is 0 Å². The number of alkyl halides is 3. The minimum Gasteiger partial charge on any atom is -0.467 e. The van der Waals surface area contributed by atoms with Gasteiger partial charge in [0.05, 0.1) is 19.3 Å². The molecule has 0 bridgehead atoms. The molecule has 0 aliphatic carbocycles. The lowest BCUT2D eigenvalue weighted by Gasteiger charge is -2.43. The summed E-state index contributed by atoms with van der Waals surface area (Å²) in [5, 5.41) is 7.99. The second kappa shape index (κ2) is 12.1. The van der Waals surface area contributed by atoms with Crippen molar-refractivity contribution in [3.8, 4) is 0 Å². The predicted octanol–water partition coefficient (Wildman–Crippen LogP) is 4.70. The zero-order chi connectivity index (χ0) is 25.6. The average Bonchev–Trinajstić information content (AvgIpc) is 2.85. The Balaban J connectivity index is 1.95. The van der Waals surface area contributed by atoms with Crippen molar-refractivity contribution in [2.24, 2.45) is 5.92 Å². The lowest BCUT2D eigenvalue weighted by Crippen LogP contribution is -2.59. The molecular weight excluding hydrogens is 521 g/mol. The van der Waals surface area contributed by atoms with Crippen LogP contribution in [0.2, 0.25) is 0 Å². The summed E-state index contributed by atoms with van der Waals surface area (Å²) in [6, 6.07) is 17.6. The largest absolute Gasteiger partial charge is 0.467 e. The Kier molecular flexibility index (Phi) is 9.38. The van der Waals surface area contributed by atoms with E-state index in [2.05, 4.69) is 0 Å². The molecule has 11 heteroatoms. The van der Waals surface area contributed by atoms with Gasteiger partial charge < -0.3 is 23.7 Å². The molecule has 0 amide bonds. The monoisotopic (exact) mass is 543 g/mol. The fourth-order valence-electron chi connectivity index (χ4n) is 3.54. The molecule has 1 heterocycles. The molecule has 5 atom stereocenters. The van der Waals surface area contributed by atoms with Gasteiger partial charge in [-0.1, -0.05) is 90.3 Å². The normalized spacial score (nSPS) is 24.3. The van der Waals surface area contributed by atoms with Crippen LogP contribution in [0.25, 0.3) is 0 Å². The zero-order valence-electron chi connectivity index (χ0n) is 18.9. The van der Waals surface area contributed by atoms with Crippen LogP contribution in [0.15, 0.2) is 60.7 Å². The highest BCUT2D eigenvalue weighted by molar-refractivity contribution is 6.76. The van der Waals surface area contributed by atoms with Crippen LogP contribution in [0.3, 0.4) is 0 Å². The molecule has 0 saturated carbocycles. The number of hydrogen-bond donors (Lipinski definition) is 1.